The number of nitrogens with one attached hydrogen (secondary N) is 1. The fraction of sp³-hybridized carbons (Fsp3) is 0.500. The number of hydrogen-bond donors (Lipinski definition) is 1. The topological polar surface area (TPSA) is 75.9 Å². The molecule has 7 nitrogen and oxygen atoms in total. The third-order valence-electron chi connectivity index (χ3n) is 4.12. The summed E-state index contributed by atoms with van der Waals surface area (Å²) in [5.74, 6) is 1.02. The molecule has 1 saturated heterocycles. The molecule has 0 saturated carbocycles. The van der Waals surface area contributed by atoms with Gasteiger partial charge in [-0.25, -0.2) is 9.97 Å². The third-order valence-corrected chi connectivity index (χ3v) is 4.12. The summed E-state index contributed by atoms with van der Waals surface area (Å²) in [6.07, 6.45) is 13.4. The van der Waals surface area contributed by atoms with Crippen LogP contribution in [0.2, 0.25) is 0 Å². The van der Waals surface area contributed by atoms with Crippen molar-refractivity contribution in [3.63, 3.8) is 0 Å². The number of rotatable bonds is 6. The van der Waals surface area contributed by atoms with Crippen LogP contribution in [0.5, 0.6) is 0 Å². The van der Waals surface area contributed by atoms with Crippen LogP contribution in [-0.4, -0.2) is 45.1 Å². The van der Waals surface area contributed by atoms with Gasteiger partial charge < -0.3 is 14.8 Å². The van der Waals surface area contributed by atoms with E-state index in [0.717, 1.165) is 38.2 Å². The first-order valence-corrected chi connectivity index (χ1v) is 8.07. The molecule has 2 aromatic rings. The Balaban J connectivity index is 1.43. The summed E-state index contributed by atoms with van der Waals surface area (Å²) < 4.78 is 2.02. The van der Waals surface area contributed by atoms with Crippen molar-refractivity contribution in [2.45, 2.75) is 25.8 Å². The Morgan fingerprint density at radius 3 is 3.04 bits per heavy atom. The van der Waals surface area contributed by atoms with Gasteiger partial charge in [0.25, 0.3) is 0 Å². The number of imidazole rings is 1. The number of amides is 1. The highest BCUT2D eigenvalue weighted by Crippen LogP contribution is 2.20. The molecule has 0 aliphatic carbocycles. The van der Waals surface area contributed by atoms with Crippen LogP contribution in [-0.2, 0) is 11.3 Å². The minimum atomic E-state index is 0.0269. The van der Waals surface area contributed by atoms with Gasteiger partial charge in [0.2, 0.25) is 5.91 Å². The van der Waals surface area contributed by atoms with Gasteiger partial charge in [-0.1, -0.05) is 0 Å². The number of nitrogens with zero attached hydrogens (tertiary/aromatic N) is 5. The van der Waals surface area contributed by atoms with Crippen molar-refractivity contribution in [2.75, 3.05) is 24.5 Å². The van der Waals surface area contributed by atoms with E-state index in [2.05, 4.69) is 25.2 Å². The van der Waals surface area contributed by atoms with Crippen molar-refractivity contribution in [1.29, 1.82) is 0 Å². The zero-order chi connectivity index (χ0) is 15.9. The second-order valence-corrected chi connectivity index (χ2v) is 5.79. The van der Waals surface area contributed by atoms with Gasteiger partial charge in [-0.05, 0) is 19.3 Å². The van der Waals surface area contributed by atoms with E-state index in [1.807, 2.05) is 10.8 Å². The molecule has 3 heterocycles. The largest absolute Gasteiger partial charge is 0.356 e. The summed E-state index contributed by atoms with van der Waals surface area (Å²) in [7, 11) is 0. The van der Waals surface area contributed by atoms with E-state index >= 15 is 0 Å². The Morgan fingerprint density at radius 1 is 1.30 bits per heavy atom. The first-order chi connectivity index (χ1) is 11.3. The molecule has 0 bridgehead atoms. The lowest BCUT2D eigenvalue weighted by molar-refractivity contribution is -0.125. The molecule has 0 spiro atoms. The summed E-state index contributed by atoms with van der Waals surface area (Å²) in [5, 5.41) is 3.05. The van der Waals surface area contributed by atoms with Crippen molar-refractivity contribution >= 4 is 11.7 Å². The molecule has 1 N–H and O–H groups in total. The Morgan fingerprint density at radius 2 is 2.26 bits per heavy atom. The van der Waals surface area contributed by atoms with Crippen LogP contribution in [0.25, 0.3) is 0 Å². The average Bonchev–Trinajstić information content (AvgIpc) is 3.13. The second-order valence-electron chi connectivity index (χ2n) is 5.79. The summed E-state index contributed by atoms with van der Waals surface area (Å²) in [6.45, 7) is 3.21. The Labute approximate surface area is 135 Å². The quantitative estimate of drug-likeness (QED) is 0.808. The van der Waals surface area contributed by atoms with Crippen LogP contribution < -0.4 is 10.2 Å². The lowest BCUT2D eigenvalue weighted by atomic mass is 9.97. The molecule has 0 aromatic carbocycles. The highest BCUT2D eigenvalue weighted by atomic mass is 16.1. The Hall–Kier alpha value is -2.44. The van der Waals surface area contributed by atoms with Crippen molar-refractivity contribution in [1.82, 2.24) is 24.8 Å². The summed E-state index contributed by atoms with van der Waals surface area (Å²) in [6, 6.07) is 0. The van der Waals surface area contributed by atoms with Gasteiger partial charge in [0.15, 0.2) is 0 Å². The van der Waals surface area contributed by atoms with Crippen LogP contribution >= 0.6 is 0 Å². The maximum Gasteiger partial charge on any atom is 0.224 e. The highest BCUT2D eigenvalue weighted by molar-refractivity contribution is 5.79. The minimum absolute atomic E-state index is 0.0269. The predicted octanol–water partition coefficient (Wildman–Crippen LogP) is 1.10. The predicted molar refractivity (Wildman–Crippen MR) is 86.8 cm³/mol. The van der Waals surface area contributed by atoms with Crippen LogP contribution in [0.4, 0.5) is 5.82 Å². The lowest BCUT2D eigenvalue weighted by Gasteiger charge is -2.32. The van der Waals surface area contributed by atoms with E-state index in [0.29, 0.717) is 13.1 Å². The standard InChI is InChI=1S/C16H22N6O/c23-16(20-4-2-8-21-10-7-18-13-21)14-3-1-9-22(12-14)15-11-17-5-6-19-15/h5-7,10-11,13-14H,1-4,8-9,12H2,(H,20,23)/t14-/m1/s1. The number of piperidine rings is 1. The van der Waals surface area contributed by atoms with Gasteiger partial charge >= 0.3 is 0 Å². The SMILES string of the molecule is O=C(NCCCn1ccnc1)[C@@H]1CCCN(c2cnccn2)C1. The van der Waals surface area contributed by atoms with Gasteiger partial charge in [-0.2, -0.15) is 0 Å². The molecule has 1 aliphatic heterocycles. The molecule has 0 unspecified atom stereocenters. The molecular formula is C16H22N6O. The number of aryl methyl sites for hydroxylation is 1. The molecule has 0 radical (unpaired) electrons. The average molecular weight is 314 g/mol. The Kier molecular flexibility index (Phi) is 5.18. The van der Waals surface area contributed by atoms with Crippen molar-refractivity contribution in [3.05, 3.63) is 37.3 Å². The molecule has 3 rings (SSSR count). The van der Waals surface area contributed by atoms with E-state index in [4.69, 9.17) is 0 Å². The number of hydrogen-bond acceptors (Lipinski definition) is 5. The van der Waals surface area contributed by atoms with Crippen LogP contribution in [0.15, 0.2) is 37.3 Å². The van der Waals surface area contributed by atoms with Crippen LogP contribution in [0, 0.1) is 5.92 Å². The molecule has 1 aliphatic rings. The highest BCUT2D eigenvalue weighted by Gasteiger charge is 2.26. The fourth-order valence-corrected chi connectivity index (χ4v) is 2.89. The molecule has 1 fully saturated rings. The van der Waals surface area contributed by atoms with E-state index in [9.17, 15) is 4.79 Å². The number of carbonyl (C=O) groups is 1. The number of aromatic nitrogens is 4. The fourth-order valence-electron chi connectivity index (χ4n) is 2.89. The van der Waals surface area contributed by atoms with Gasteiger partial charge in [0.05, 0.1) is 18.4 Å². The maximum absolute atomic E-state index is 12.3. The molecule has 122 valence electrons. The summed E-state index contributed by atoms with van der Waals surface area (Å²) in [5.41, 5.74) is 0. The smallest absolute Gasteiger partial charge is 0.224 e. The van der Waals surface area contributed by atoms with E-state index in [-0.39, 0.29) is 11.8 Å². The van der Waals surface area contributed by atoms with Crippen molar-refractivity contribution < 1.29 is 4.79 Å². The van der Waals surface area contributed by atoms with E-state index in [1.54, 1.807) is 31.1 Å². The molecule has 1 atom stereocenters. The maximum atomic E-state index is 12.3. The van der Waals surface area contributed by atoms with Crippen molar-refractivity contribution in [3.8, 4) is 0 Å². The monoisotopic (exact) mass is 314 g/mol. The van der Waals surface area contributed by atoms with Crippen LogP contribution in [0.1, 0.15) is 19.3 Å². The molecule has 2 aromatic heterocycles. The number of anilines is 1. The summed E-state index contributed by atoms with van der Waals surface area (Å²) in [4.78, 5) is 26.9. The molecule has 1 amide bonds. The zero-order valence-corrected chi connectivity index (χ0v) is 13.1. The van der Waals surface area contributed by atoms with Crippen molar-refractivity contribution in [2.24, 2.45) is 5.92 Å². The normalized spacial score (nSPS) is 17.9. The van der Waals surface area contributed by atoms with Gasteiger partial charge in [-0.15, -0.1) is 0 Å². The number of carbonyl (C=O) groups excluding carboxylic acids is 1. The first kappa shape index (κ1) is 15.5. The van der Waals surface area contributed by atoms with E-state index < -0.39 is 0 Å². The lowest BCUT2D eigenvalue weighted by Crippen LogP contribution is -2.43. The van der Waals surface area contributed by atoms with Gasteiger partial charge in [-0.3, -0.25) is 9.78 Å². The molecule has 23 heavy (non-hydrogen) atoms. The minimum Gasteiger partial charge on any atom is -0.356 e. The first-order valence-electron chi connectivity index (χ1n) is 8.07. The second kappa shape index (κ2) is 7.71. The van der Waals surface area contributed by atoms with Gasteiger partial charge in [0, 0.05) is 51.0 Å². The zero-order valence-electron chi connectivity index (χ0n) is 13.1. The van der Waals surface area contributed by atoms with Gasteiger partial charge in [0.1, 0.15) is 5.82 Å². The Bertz CT molecular complexity index is 600. The summed E-state index contributed by atoms with van der Waals surface area (Å²) >= 11 is 0. The van der Waals surface area contributed by atoms with E-state index in [1.165, 1.54) is 0 Å². The molecule has 7 heteroatoms. The van der Waals surface area contributed by atoms with Crippen LogP contribution in [0.3, 0.4) is 0 Å². The molecular weight excluding hydrogens is 292 g/mol. The third kappa shape index (κ3) is 4.28.